The van der Waals surface area contributed by atoms with Gasteiger partial charge in [-0.25, -0.2) is 4.39 Å². The van der Waals surface area contributed by atoms with E-state index >= 15 is 0 Å². The number of hydrogen-bond acceptors (Lipinski definition) is 3. The highest BCUT2D eigenvalue weighted by Crippen LogP contribution is 2.29. The number of para-hydroxylation sites is 1. The molecule has 1 rings (SSSR count). The summed E-state index contributed by atoms with van der Waals surface area (Å²) in [7, 11) is 3.99. The summed E-state index contributed by atoms with van der Waals surface area (Å²) in [5, 5.41) is 3.38. The Balaban J connectivity index is 2.90. The van der Waals surface area contributed by atoms with Gasteiger partial charge in [0.2, 0.25) is 0 Å². The maximum atomic E-state index is 14.1. The minimum atomic E-state index is -0.299. The van der Waals surface area contributed by atoms with Gasteiger partial charge < -0.3 is 15.0 Å². The zero-order chi connectivity index (χ0) is 16.0. The zero-order valence-electron chi connectivity index (χ0n) is 14.2. The van der Waals surface area contributed by atoms with E-state index in [-0.39, 0.29) is 17.4 Å². The predicted molar refractivity (Wildman–Crippen MR) is 86.4 cm³/mol. The first-order valence-electron chi connectivity index (χ1n) is 7.61. The molecule has 0 amide bonds. The Morgan fingerprint density at radius 2 is 2.00 bits per heavy atom. The molecule has 0 aliphatic rings. The van der Waals surface area contributed by atoms with Crippen molar-refractivity contribution in [3.05, 3.63) is 29.6 Å². The molecule has 3 nitrogen and oxygen atoms in total. The van der Waals surface area contributed by atoms with E-state index in [2.05, 4.69) is 31.0 Å². The fraction of sp³-hybridized carbons (Fsp3) is 0.647. The van der Waals surface area contributed by atoms with E-state index in [0.29, 0.717) is 12.4 Å². The van der Waals surface area contributed by atoms with Gasteiger partial charge >= 0.3 is 0 Å². The fourth-order valence-electron chi connectivity index (χ4n) is 1.87. The van der Waals surface area contributed by atoms with Crippen molar-refractivity contribution < 1.29 is 9.13 Å². The molecule has 0 spiro atoms. The number of benzene rings is 1. The van der Waals surface area contributed by atoms with Gasteiger partial charge in [-0.2, -0.15) is 0 Å². The van der Waals surface area contributed by atoms with Gasteiger partial charge in [-0.3, -0.25) is 0 Å². The largest absolute Gasteiger partial charge is 0.488 e. The Labute approximate surface area is 128 Å². The number of nitrogens with one attached hydrogen (secondary N) is 1. The van der Waals surface area contributed by atoms with Crippen molar-refractivity contribution in [2.75, 3.05) is 27.2 Å². The lowest BCUT2D eigenvalue weighted by molar-refractivity contribution is 0.110. The average Bonchev–Trinajstić information content (AvgIpc) is 2.43. The number of nitrogens with zero attached hydrogens (tertiary/aromatic N) is 1. The van der Waals surface area contributed by atoms with Gasteiger partial charge in [-0.15, -0.1) is 0 Å². The molecule has 120 valence electrons. The molecule has 0 heterocycles. The van der Waals surface area contributed by atoms with Gasteiger partial charge in [-0.05, 0) is 53.9 Å². The second-order valence-electron chi connectivity index (χ2n) is 6.33. The van der Waals surface area contributed by atoms with Crippen molar-refractivity contribution in [1.29, 1.82) is 0 Å². The highest BCUT2D eigenvalue weighted by molar-refractivity contribution is 5.37. The number of ether oxygens (including phenoxy) is 1. The molecule has 1 aromatic rings. The molecule has 1 aromatic carbocycles. The normalized spacial score (nSPS) is 13.5. The molecule has 0 radical (unpaired) electrons. The Morgan fingerprint density at radius 3 is 2.57 bits per heavy atom. The molecule has 0 fully saturated rings. The van der Waals surface area contributed by atoms with E-state index in [0.717, 1.165) is 18.5 Å². The van der Waals surface area contributed by atoms with Crippen LogP contribution in [0.3, 0.4) is 0 Å². The summed E-state index contributed by atoms with van der Waals surface area (Å²) >= 11 is 0. The molecule has 0 aliphatic carbocycles. The molecule has 4 heteroatoms. The first-order chi connectivity index (χ1) is 9.79. The Kier molecular flexibility index (Phi) is 6.62. The van der Waals surface area contributed by atoms with Gasteiger partial charge in [0.25, 0.3) is 0 Å². The van der Waals surface area contributed by atoms with Crippen molar-refractivity contribution in [2.45, 2.75) is 45.7 Å². The number of halogens is 1. The van der Waals surface area contributed by atoms with Gasteiger partial charge in [0, 0.05) is 17.1 Å². The van der Waals surface area contributed by atoms with E-state index < -0.39 is 0 Å². The summed E-state index contributed by atoms with van der Waals surface area (Å²) in [4.78, 5) is 2.08. The van der Waals surface area contributed by atoms with Crippen LogP contribution in [0.5, 0.6) is 5.75 Å². The maximum Gasteiger partial charge on any atom is 0.165 e. The molecule has 0 saturated carbocycles. The molecule has 0 aromatic heterocycles. The lowest BCUT2D eigenvalue weighted by Gasteiger charge is -2.32. The van der Waals surface area contributed by atoms with Crippen LogP contribution in [0.4, 0.5) is 4.39 Å². The van der Waals surface area contributed by atoms with Crippen LogP contribution in [0.15, 0.2) is 18.2 Å². The highest BCUT2D eigenvalue weighted by Gasteiger charge is 2.23. The summed E-state index contributed by atoms with van der Waals surface area (Å²) in [6.07, 6.45) is 1.05. The van der Waals surface area contributed by atoms with Crippen LogP contribution in [0, 0.1) is 5.82 Å². The second-order valence-corrected chi connectivity index (χ2v) is 6.33. The minimum absolute atomic E-state index is 0.0677. The van der Waals surface area contributed by atoms with Crippen LogP contribution in [0.1, 0.15) is 45.7 Å². The molecule has 1 atom stereocenters. The van der Waals surface area contributed by atoms with E-state index in [1.807, 2.05) is 27.1 Å². The van der Waals surface area contributed by atoms with E-state index in [1.54, 1.807) is 6.07 Å². The first-order valence-corrected chi connectivity index (χ1v) is 7.61. The van der Waals surface area contributed by atoms with Gasteiger partial charge in [0.05, 0.1) is 0 Å². The second kappa shape index (κ2) is 7.76. The quantitative estimate of drug-likeness (QED) is 0.793. The van der Waals surface area contributed by atoms with Crippen molar-refractivity contribution in [1.82, 2.24) is 10.2 Å². The van der Waals surface area contributed by atoms with Crippen molar-refractivity contribution >= 4 is 0 Å². The zero-order valence-corrected chi connectivity index (χ0v) is 14.2. The summed E-state index contributed by atoms with van der Waals surface area (Å²) in [6.45, 7) is 9.64. The monoisotopic (exact) mass is 296 g/mol. The molecule has 21 heavy (non-hydrogen) atoms. The molecular formula is C17H29FN2O. The first kappa shape index (κ1) is 17.9. The Morgan fingerprint density at radius 1 is 1.33 bits per heavy atom. The molecular weight excluding hydrogens is 267 g/mol. The highest BCUT2D eigenvalue weighted by atomic mass is 19.1. The number of hydrogen-bond donors (Lipinski definition) is 1. The fourth-order valence-corrected chi connectivity index (χ4v) is 1.87. The molecule has 1 unspecified atom stereocenters. The van der Waals surface area contributed by atoms with Crippen LogP contribution in [0.2, 0.25) is 0 Å². The van der Waals surface area contributed by atoms with Crippen molar-refractivity contribution in [2.24, 2.45) is 0 Å². The van der Waals surface area contributed by atoms with Crippen LogP contribution >= 0.6 is 0 Å². The molecule has 0 bridgehead atoms. The lowest BCUT2D eigenvalue weighted by atomic mass is 10.0. The summed E-state index contributed by atoms with van der Waals surface area (Å²) in [5.74, 6) is 0.0655. The summed E-state index contributed by atoms with van der Waals surface area (Å²) in [6, 6.07) is 5.18. The minimum Gasteiger partial charge on any atom is -0.488 e. The molecule has 0 aliphatic heterocycles. The average molecular weight is 296 g/mol. The van der Waals surface area contributed by atoms with Gasteiger partial charge in [0.1, 0.15) is 6.61 Å². The van der Waals surface area contributed by atoms with E-state index in [4.69, 9.17) is 4.74 Å². The SMILES string of the molecule is CCCNC(C)c1cccc(F)c1OCC(C)(C)N(C)C. The van der Waals surface area contributed by atoms with Crippen LogP contribution in [0.25, 0.3) is 0 Å². The lowest BCUT2D eigenvalue weighted by Crippen LogP contribution is -2.43. The maximum absolute atomic E-state index is 14.1. The number of rotatable bonds is 8. The third kappa shape index (κ3) is 4.97. The predicted octanol–water partition coefficient (Wildman–Crippen LogP) is 3.61. The van der Waals surface area contributed by atoms with Crippen LogP contribution < -0.4 is 10.1 Å². The standard InChI is InChI=1S/C17H29FN2O/c1-7-11-19-13(2)14-9-8-10-15(18)16(14)21-12-17(3,4)20(5)6/h8-10,13,19H,7,11-12H2,1-6H3. The third-order valence-electron chi connectivity index (χ3n) is 3.94. The van der Waals surface area contributed by atoms with Crippen LogP contribution in [-0.4, -0.2) is 37.7 Å². The smallest absolute Gasteiger partial charge is 0.165 e. The van der Waals surface area contributed by atoms with Crippen molar-refractivity contribution in [3.8, 4) is 5.75 Å². The molecule has 1 N–H and O–H groups in total. The number of likely N-dealkylation sites (N-methyl/N-ethyl adjacent to an activating group) is 1. The summed E-state index contributed by atoms with van der Waals surface area (Å²) < 4.78 is 20.0. The Bertz CT molecular complexity index is 446. The molecule has 0 saturated heterocycles. The topological polar surface area (TPSA) is 24.5 Å². The Hall–Kier alpha value is -1.13. The third-order valence-corrected chi connectivity index (χ3v) is 3.94. The van der Waals surface area contributed by atoms with Gasteiger partial charge in [-0.1, -0.05) is 19.1 Å². The van der Waals surface area contributed by atoms with Crippen LogP contribution in [-0.2, 0) is 0 Å². The van der Waals surface area contributed by atoms with E-state index in [9.17, 15) is 4.39 Å². The van der Waals surface area contributed by atoms with E-state index in [1.165, 1.54) is 6.07 Å². The van der Waals surface area contributed by atoms with Gasteiger partial charge in [0.15, 0.2) is 11.6 Å². The summed E-state index contributed by atoms with van der Waals surface area (Å²) in [5.41, 5.74) is 0.720. The van der Waals surface area contributed by atoms with Crippen molar-refractivity contribution in [3.63, 3.8) is 0 Å².